The summed E-state index contributed by atoms with van der Waals surface area (Å²) in [6, 6.07) is 15.3. The molecule has 0 radical (unpaired) electrons. The van der Waals surface area contributed by atoms with Gasteiger partial charge in [0.1, 0.15) is 5.75 Å². The summed E-state index contributed by atoms with van der Waals surface area (Å²) >= 11 is 0. The van der Waals surface area contributed by atoms with Crippen LogP contribution in [0.4, 0.5) is 0 Å². The summed E-state index contributed by atoms with van der Waals surface area (Å²) in [7, 11) is 1.61. The molecule has 1 aliphatic heterocycles. The number of methoxy groups -OCH3 is 1. The molecule has 7 nitrogen and oxygen atoms in total. The molecule has 0 saturated carbocycles. The van der Waals surface area contributed by atoms with Crippen molar-refractivity contribution in [3.05, 3.63) is 65.2 Å². The molecule has 1 amide bonds. The van der Waals surface area contributed by atoms with Gasteiger partial charge in [-0.2, -0.15) is 0 Å². The smallest absolute Gasteiger partial charge is 0.261 e. The molecule has 1 fully saturated rings. The summed E-state index contributed by atoms with van der Waals surface area (Å²) in [6.07, 6.45) is 3.84. The summed E-state index contributed by atoms with van der Waals surface area (Å²) in [6.45, 7) is 4.86. The van der Waals surface area contributed by atoms with E-state index in [-0.39, 0.29) is 24.4 Å². The Bertz CT molecular complexity index is 894. The Morgan fingerprint density at radius 1 is 1.16 bits per heavy atom. The highest BCUT2D eigenvalue weighted by atomic mass is 16.6. The molecule has 1 heterocycles. The number of nitrogens with one attached hydrogen (secondary N) is 1. The maximum Gasteiger partial charge on any atom is 0.261 e. The number of nitrogens with zero attached hydrogens (tertiary/aromatic N) is 2. The number of hydrogen-bond acceptors (Lipinski definition) is 5. The van der Waals surface area contributed by atoms with Crippen molar-refractivity contribution in [1.29, 1.82) is 0 Å². The summed E-state index contributed by atoms with van der Waals surface area (Å²) < 4.78 is 5.34. The van der Waals surface area contributed by atoms with Crippen LogP contribution in [0.15, 0.2) is 53.7 Å². The molecule has 7 heteroatoms. The van der Waals surface area contributed by atoms with E-state index in [9.17, 15) is 4.79 Å². The van der Waals surface area contributed by atoms with Crippen molar-refractivity contribution in [3.8, 4) is 5.75 Å². The van der Waals surface area contributed by atoms with Crippen molar-refractivity contribution >= 4 is 11.7 Å². The first-order chi connectivity index (χ1) is 15.1. The molecule has 2 aromatic rings. The predicted octanol–water partition coefficient (Wildman–Crippen LogP) is 3.20. The van der Waals surface area contributed by atoms with Crippen molar-refractivity contribution in [2.24, 2.45) is 10.9 Å². The number of benzene rings is 2. The third kappa shape index (κ3) is 6.72. The van der Waals surface area contributed by atoms with E-state index in [1.165, 1.54) is 24.8 Å². The second kappa shape index (κ2) is 11.4. The summed E-state index contributed by atoms with van der Waals surface area (Å²) in [5.41, 5.74) is 8.96. The van der Waals surface area contributed by atoms with Crippen LogP contribution in [-0.2, 0) is 16.2 Å². The Morgan fingerprint density at radius 3 is 2.71 bits per heavy atom. The van der Waals surface area contributed by atoms with Gasteiger partial charge in [-0.3, -0.25) is 9.69 Å². The quantitative estimate of drug-likeness (QED) is 0.367. The zero-order valence-corrected chi connectivity index (χ0v) is 18.3. The van der Waals surface area contributed by atoms with Crippen molar-refractivity contribution in [3.63, 3.8) is 0 Å². The van der Waals surface area contributed by atoms with Gasteiger partial charge in [-0.05, 0) is 50.6 Å². The molecule has 31 heavy (non-hydrogen) atoms. The number of likely N-dealkylation sites (tertiary alicyclic amines) is 1. The van der Waals surface area contributed by atoms with Gasteiger partial charge in [-0.1, -0.05) is 48.0 Å². The minimum absolute atomic E-state index is 0.215. The fourth-order valence-corrected chi connectivity index (χ4v) is 3.80. The van der Waals surface area contributed by atoms with Crippen molar-refractivity contribution in [2.45, 2.75) is 38.8 Å². The summed E-state index contributed by atoms with van der Waals surface area (Å²) in [4.78, 5) is 19.9. The zero-order valence-electron chi connectivity index (χ0n) is 18.3. The zero-order chi connectivity index (χ0) is 22.1. The van der Waals surface area contributed by atoms with Gasteiger partial charge in [0.2, 0.25) is 0 Å². The van der Waals surface area contributed by atoms with E-state index in [1.807, 2.05) is 49.4 Å². The molecule has 3 N–H and O–H groups in total. The molecule has 0 spiro atoms. The Kier molecular flexibility index (Phi) is 8.29. The summed E-state index contributed by atoms with van der Waals surface area (Å²) in [5.74, 6) is 0.697. The first-order valence-corrected chi connectivity index (χ1v) is 10.8. The topological polar surface area (TPSA) is 89.2 Å². The van der Waals surface area contributed by atoms with Crippen molar-refractivity contribution in [1.82, 2.24) is 10.2 Å². The van der Waals surface area contributed by atoms with Gasteiger partial charge in [0.05, 0.1) is 13.2 Å². The first kappa shape index (κ1) is 22.6. The van der Waals surface area contributed by atoms with Gasteiger partial charge in [0, 0.05) is 17.7 Å². The Labute approximate surface area is 184 Å². The SMILES string of the molecule is COc1ccccc1C(C)NC(=O)CO/N=C(/N)c1cccc(CN2CCCCC2)c1. The van der Waals surface area contributed by atoms with Gasteiger partial charge in [-0.15, -0.1) is 0 Å². The van der Waals surface area contributed by atoms with Crippen LogP contribution in [-0.4, -0.2) is 43.4 Å². The maximum atomic E-state index is 12.2. The van der Waals surface area contributed by atoms with Crippen LogP contribution in [0.1, 0.15) is 48.9 Å². The number of rotatable bonds is 9. The largest absolute Gasteiger partial charge is 0.496 e. The minimum Gasteiger partial charge on any atom is -0.496 e. The van der Waals surface area contributed by atoms with Gasteiger partial charge in [0.25, 0.3) is 5.91 Å². The van der Waals surface area contributed by atoms with Gasteiger partial charge >= 0.3 is 0 Å². The number of ether oxygens (including phenoxy) is 1. The molecule has 166 valence electrons. The lowest BCUT2D eigenvalue weighted by Gasteiger charge is -2.26. The second-order valence-corrected chi connectivity index (χ2v) is 7.82. The van der Waals surface area contributed by atoms with Gasteiger partial charge < -0.3 is 20.6 Å². The Hall–Kier alpha value is -3.06. The Balaban J connectivity index is 1.51. The molecule has 0 bridgehead atoms. The van der Waals surface area contributed by atoms with E-state index in [0.717, 1.165) is 36.5 Å². The number of oxime groups is 1. The third-order valence-corrected chi connectivity index (χ3v) is 5.42. The van der Waals surface area contributed by atoms with E-state index in [0.29, 0.717) is 0 Å². The maximum absolute atomic E-state index is 12.2. The number of para-hydroxylation sites is 1. The highest BCUT2D eigenvalue weighted by molar-refractivity contribution is 5.97. The Morgan fingerprint density at radius 2 is 1.94 bits per heavy atom. The average molecular weight is 425 g/mol. The molecule has 1 unspecified atom stereocenters. The highest BCUT2D eigenvalue weighted by Crippen LogP contribution is 2.24. The molecule has 3 rings (SSSR count). The fourth-order valence-electron chi connectivity index (χ4n) is 3.80. The molecule has 1 atom stereocenters. The number of carbonyl (C=O) groups excluding carboxylic acids is 1. The van der Waals surface area contributed by atoms with E-state index in [2.05, 4.69) is 21.4 Å². The fraction of sp³-hybridized carbons (Fsp3) is 0.417. The molecule has 0 aliphatic carbocycles. The molecular weight excluding hydrogens is 392 g/mol. The standard InChI is InChI=1S/C24H32N4O3/c1-18(21-11-4-5-12-22(21)30-2)26-23(29)17-31-27-24(25)20-10-8-9-19(15-20)16-28-13-6-3-7-14-28/h4-5,8-12,15,18H,3,6-7,13-14,16-17H2,1-2H3,(H2,25,27)(H,26,29). The van der Waals surface area contributed by atoms with Crippen LogP contribution >= 0.6 is 0 Å². The van der Waals surface area contributed by atoms with E-state index >= 15 is 0 Å². The number of nitrogens with two attached hydrogens (primary N) is 1. The van der Waals surface area contributed by atoms with Crippen LogP contribution in [0.3, 0.4) is 0 Å². The predicted molar refractivity (Wildman–Crippen MR) is 122 cm³/mol. The lowest BCUT2D eigenvalue weighted by molar-refractivity contribution is -0.126. The first-order valence-electron chi connectivity index (χ1n) is 10.8. The number of amides is 1. The average Bonchev–Trinajstić information content (AvgIpc) is 2.79. The minimum atomic E-state index is -0.284. The third-order valence-electron chi connectivity index (χ3n) is 5.42. The van der Waals surface area contributed by atoms with Crippen LogP contribution < -0.4 is 15.8 Å². The molecule has 1 saturated heterocycles. The van der Waals surface area contributed by atoms with Crippen LogP contribution in [0.25, 0.3) is 0 Å². The number of carbonyl (C=O) groups is 1. The second-order valence-electron chi connectivity index (χ2n) is 7.82. The van der Waals surface area contributed by atoms with E-state index in [4.69, 9.17) is 15.3 Å². The highest BCUT2D eigenvalue weighted by Gasteiger charge is 2.14. The normalized spacial score (nSPS) is 15.9. The number of amidine groups is 1. The molecule has 2 aromatic carbocycles. The lowest BCUT2D eigenvalue weighted by Crippen LogP contribution is -2.30. The van der Waals surface area contributed by atoms with Crippen LogP contribution in [0, 0.1) is 0 Å². The van der Waals surface area contributed by atoms with Crippen LogP contribution in [0.5, 0.6) is 5.75 Å². The molecular formula is C24H32N4O3. The summed E-state index contributed by atoms with van der Waals surface area (Å²) in [5, 5.41) is 6.81. The molecule has 0 aromatic heterocycles. The van der Waals surface area contributed by atoms with Crippen LogP contribution in [0.2, 0.25) is 0 Å². The van der Waals surface area contributed by atoms with Crippen molar-refractivity contribution < 1.29 is 14.4 Å². The number of piperidine rings is 1. The lowest BCUT2D eigenvalue weighted by atomic mass is 10.1. The number of hydrogen-bond donors (Lipinski definition) is 2. The van der Waals surface area contributed by atoms with E-state index in [1.54, 1.807) is 7.11 Å². The van der Waals surface area contributed by atoms with E-state index < -0.39 is 0 Å². The monoisotopic (exact) mass is 424 g/mol. The van der Waals surface area contributed by atoms with Gasteiger partial charge in [-0.25, -0.2) is 0 Å². The van der Waals surface area contributed by atoms with Crippen molar-refractivity contribution in [2.75, 3.05) is 26.8 Å². The van der Waals surface area contributed by atoms with Gasteiger partial charge in [0.15, 0.2) is 12.4 Å². The molecule has 1 aliphatic rings.